The molecule has 2 N–H and O–H groups in total. The number of likely N-dealkylation sites (tertiary alicyclic amines) is 1. The average Bonchev–Trinajstić information content (AvgIpc) is 3.73. The average molecular weight is 888 g/mol. The zero-order chi connectivity index (χ0) is 47.8. The second-order valence-corrected chi connectivity index (χ2v) is 18.5. The first-order valence-corrected chi connectivity index (χ1v) is 22.8. The monoisotopic (exact) mass is 888 g/mol. The van der Waals surface area contributed by atoms with E-state index in [-0.39, 0.29) is 54.7 Å². The van der Waals surface area contributed by atoms with Crippen LogP contribution < -0.4 is 10.6 Å². The third-order valence-electron chi connectivity index (χ3n) is 12.8. The molecule has 1 aromatic rings. The van der Waals surface area contributed by atoms with Gasteiger partial charge in [-0.1, -0.05) is 85.2 Å². The topological polar surface area (TPSA) is 173 Å². The van der Waals surface area contributed by atoms with Crippen LogP contribution in [-0.2, 0) is 54.1 Å². The first-order chi connectivity index (χ1) is 29.6. The Hall–Kier alpha value is -4.08. The minimum absolute atomic E-state index is 0.0424. The number of hydrogen-bond acceptors (Lipinski definition) is 10. The van der Waals surface area contributed by atoms with Crippen molar-refractivity contribution in [2.24, 2.45) is 23.7 Å². The molecule has 1 aliphatic heterocycles. The van der Waals surface area contributed by atoms with Gasteiger partial charge in [-0.05, 0) is 63.4 Å². The van der Waals surface area contributed by atoms with E-state index in [0.29, 0.717) is 38.8 Å². The fourth-order valence-corrected chi connectivity index (χ4v) is 8.89. The lowest BCUT2D eigenvalue weighted by molar-refractivity contribution is -0.149. The Morgan fingerprint density at radius 1 is 0.857 bits per heavy atom. The lowest BCUT2D eigenvalue weighted by Gasteiger charge is -2.41. The van der Waals surface area contributed by atoms with Crippen LogP contribution in [0.25, 0.3) is 0 Å². The summed E-state index contributed by atoms with van der Waals surface area (Å²) in [5.41, 5.74) is 0.375. The number of nitrogens with zero attached hydrogens (tertiary/aromatic N) is 3. The Labute approximate surface area is 378 Å². The maximum atomic E-state index is 14.6. The lowest BCUT2D eigenvalue weighted by Crippen LogP contribution is -2.60. The van der Waals surface area contributed by atoms with Crippen molar-refractivity contribution >= 4 is 35.5 Å². The van der Waals surface area contributed by atoms with Crippen LogP contribution in [0.4, 0.5) is 0 Å². The fourth-order valence-electron chi connectivity index (χ4n) is 8.89. The third kappa shape index (κ3) is 15.6. The number of carbonyl (C=O) groups excluding carboxylic acids is 6. The molecule has 0 aliphatic carbocycles. The molecule has 1 saturated heterocycles. The van der Waals surface area contributed by atoms with Crippen LogP contribution in [0.1, 0.15) is 113 Å². The molecule has 1 heterocycles. The summed E-state index contributed by atoms with van der Waals surface area (Å²) in [6.07, 6.45) is 1.50. The largest absolute Gasteiger partial charge is 0.467 e. The minimum atomic E-state index is -0.923. The molecule has 0 radical (unpaired) electrons. The summed E-state index contributed by atoms with van der Waals surface area (Å²) < 4.78 is 22.8. The van der Waals surface area contributed by atoms with Gasteiger partial charge in [0.1, 0.15) is 18.1 Å². The van der Waals surface area contributed by atoms with Crippen molar-refractivity contribution < 1.29 is 47.7 Å². The molecule has 1 aliphatic rings. The van der Waals surface area contributed by atoms with Crippen LogP contribution in [0.5, 0.6) is 0 Å². The van der Waals surface area contributed by atoms with E-state index in [4.69, 9.17) is 18.9 Å². The van der Waals surface area contributed by atoms with Gasteiger partial charge in [-0.25, -0.2) is 4.79 Å². The second kappa shape index (κ2) is 26.0. The smallest absolute Gasteiger partial charge is 0.328 e. The van der Waals surface area contributed by atoms with Crippen molar-refractivity contribution in [3.63, 3.8) is 0 Å². The Morgan fingerprint density at radius 2 is 1.49 bits per heavy atom. The van der Waals surface area contributed by atoms with Gasteiger partial charge in [0.05, 0.1) is 49.3 Å². The summed E-state index contributed by atoms with van der Waals surface area (Å²) in [6.45, 7) is 20.0. The number of rotatable bonds is 26. The molecular weight excluding hydrogens is 807 g/mol. The molecule has 1 unspecified atom stereocenters. The van der Waals surface area contributed by atoms with Crippen LogP contribution in [-0.4, -0.2) is 147 Å². The Bertz CT molecular complexity index is 1620. The van der Waals surface area contributed by atoms with Gasteiger partial charge in [0.15, 0.2) is 0 Å². The highest BCUT2D eigenvalue weighted by Crippen LogP contribution is 2.30. The number of carbonyl (C=O) groups is 6. The van der Waals surface area contributed by atoms with Gasteiger partial charge >= 0.3 is 5.97 Å². The summed E-state index contributed by atoms with van der Waals surface area (Å²) in [5.74, 6) is -3.47. The van der Waals surface area contributed by atoms with Crippen LogP contribution in [0.3, 0.4) is 0 Å². The summed E-state index contributed by atoms with van der Waals surface area (Å²) in [4.78, 5) is 87.7. The quantitative estimate of drug-likeness (QED) is 0.120. The van der Waals surface area contributed by atoms with Crippen molar-refractivity contribution in [3.05, 3.63) is 35.9 Å². The number of esters is 1. The van der Waals surface area contributed by atoms with Crippen LogP contribution in [0, 0.1) is 23.7 Å². The zero-order valence-corrected chi connectivity index (χ0v) is 41.0. The van der Waals surface area contributed by atoms with Crippen molar-refractivity contribution in [3.8, 4) is 0 Å². The Balaban J connectivity index is 2.30. The van der Waals surface area contributed by atoms with Crippen molar-refractivity contribution in [1.29, 1.82) is 0 Å². The standard InChI is InChI=1S/C48H81N5O10/c1-16-32(7)42(52(12)46(58)40(30(3)4)50-45(57)41(31(5)6)51(11)38(54)25-26-48(9,10)63-17-2)37(60-13)29-39(55)53-27-21-24-36(53)43(61-14)33(8)44(56)49-35(47(59)62-15)28-34-22-19-18-20-23-34/h18-20,22-23,30-33,35-37,40-43H,16-17,21,24-29H2,1-15H3,(H,49,56)(H,50,57)/t32-,33+,35-,36-,37+,40-,41?,42-,43+/m0/s1. The molecule has 1 fully saturated rings. The number of nitrogens with one attached hydrogen (secondary N) is 2. The predicted molar refractivity (Wildman–Crippen MR) is 243 cm³/mol. The highest BCUT2D eigenvalue weighted by molar-refractivity contribution is 5.92. The van der Waals surface area contributed by atoms with Gasteiger partial charge in [0.2, 0.25) is 29.5 Å². The molecule has 358 valence electrons. The maximum absolute atomic E-state index is 14.6. The number of methoxy groups -OCH3 is 3. The van der Waals surface area contributed by atoms with Crippen molar-refractivity contribution in [2.45, 2.75) is 162 Å². The fraction of sp³-hybridized carbons (Fsp3) is 0.750. The summed E-state index contributed by atoms with van der Waals surface area (Å²) in [5, 5.41) is 5.86. The van der Waals surface area contributed by atoms with Crippen molar-refractivity contribution in [2.75, 3.05) is 48.6 Å². The van der Waals surface area contributed by atoms with Gasteiger partial charge in [0, 0.05) is 54.3 Å². The van der Waals surface area contributed by atoms with Gasteiger partial charge in [-0.2, -0.15) is 0 Å². The van der Waals surface area contributed by atoms with E-state index in [1.165, 1.54) is 26.2 Å². The number of amides is 5. The summed E-state index contributed by atoms with van der Waals surface area (Å²) in [6, 6.07) is 5.72. The maximum Gasteiger partial charge on any atom is 0.328 e. The molecular formula is C48H81N5O10. The molecule has 15 heteroatoms. The predicted octanol–water partition coefficient (Wildman–Crippen LogP) is 5.03. The van der Waals surface area contributed by atoms with E-state index >= 15 is 0 Å². The highest BCUT2D eigenvalue weighted by atomic mass is 16.5. The Morgan fingerprint density at radius 3 is 2.02 bits per heavy atom. The first kappa shape index (κ1) is 55.1. The number of likely N-dealkylation sites (N-methyl/N-ethyl adjacent to an activating group) is 2. The zero-order valence-electron chi connectivity index (χ0n) is 41.0. The van der Waals surface area contributed by atoms with E-state index in [9.17, 15) is 28.8 Å². The molecule has 0 aromatic heterocycles. The van der Waals surface area contributed by atoms with Crippen molar-refractivity contribution in [1.82, 2.24) is 25.3 Å². The number of benzene rings is 1. The highest BCUT2D eigenvalue weighted by Gasteiger charge is 2.44. The minimum Gasteiger partial charge on any atom is -0.467 e. The molecule has 1 aromatic carbocycles. The van der Waals surface area contributed by atoms with E-state index < -0.39 is 71.7 Å². The van der Waals surface area contributed by atoms with Gasteiger partial charge in [-0.3, -0.25) is 24.0 Å². The normalized spacial score (nSPS) is 18.1. The van der Waals surface area contributed by atoms with E-state index in [1.54, 1.807) is 30.8 Å². The van der Waals surface area contributed by atoms with Crippen LogP contribution in [0.2, 0.25) is 0 Å². The molecule has 0 saturated carbocycles. The van der Waals surface area contributed by atoms with E-state index in [2.05, 4.69) is 10.6 Å². The Kier molecular flexibility index (Phi) is 22.7. The SMILES string of the molecule is CCOC(C)(C)CCC(=O)N(C)C(C(=O)N[C@H](C(=O)N(C)[C@@H]([C@@H](C)CC)[C@@H](CC(=O)N1CCC[C@H]1[C@H](OC)[C@@H](C)C(=O)N[C@@H](Cc1ccccc1)C(=O)OC)OC)C(C)C)C(C)C. The van der Waals surface area contributed by atoms with Crippen LogP contribution >= 0.6 is 0 Å². The third-order valence-corrected chi connectivity index (χ3v) is 12.8. The van der Waals surface area contributed by atoms with Crippen LogP contribution in [0.15, 0.2) is 30.3 Å². The number of ether oxygens (including phenoxy) is 4. The molecule has 63 heavy (non-hydrogen) atoms. The second-order valence-electron chi connectivity index (χ2n) is 18.5. The lowest BCUT2D eigenvalue weighted by atomic mass is 9.89. The first-order valence-electron chi connectivity index (χ1n) is 22.8. The molecule has 0 bridgehead atoms. The number of hydrogen-bond donors (Lipinski definition) is 2. The van der Waals surface area contributed by atoms with Gasteiger partial charge < -0.3 is 44.3 Å². The van der Waals surface area contributed by atoms with E-state index in [1.807, 2.05) is 92.6 Å². The van der Waals surface area contributed by atoms with Gasteiger partial charge in [0.25, 0.3) is 0 Å². The molecule has 15 nitrogen and oxygen atoms in total. The molecule has 2 rings (SSSR count). The molecule has 9 atom stereocenters. The molecule has 0 spiro atoms. The van der Waals surface area contributed by atoms with E-state index in [0.717, 1.165) is 5.56 Å². The summed E-state index contributed by atoms with van der Waals surface area (Å²) in [7, 11) is 7.64. The molecule has 5 amide bonds. The summed E-state index contributed by atoms with van der Waals surface area (Å²) >= 11 is 0. The van der Waals surface area contributed by atoms with Gasteiger partial charge in [-0.15, -0.1) is 0 Å².